The molecule has 0 fully saturated rings. The quantitative estimate of drug-likeness (QED) is 0.639. The third kappa shape index (κ3) is 4.40. The molecule has 0 radical (unpaired) electrons. The third-order valence-electron chi connectivity index (χ3n) is 2.12. The summed E-state index contributed by atoms with van der Waals surface area (Å²) < 4.78 is 10.1. The summed E-state index contributed by atoms with van der Waals surface area (Å²) in [6, 6.07) is 7.33. The molecule has 0 aliphatic carbocycles. The van der Waals surface area contributed by atoms with Crippen molar-refractivity contribution in [2.45, 2.75) is 6.61 Å². The Kier molecular flexibility index (Phi) is 6.07. The van der Waals surface area contributed by atoms with Crippen molar-refractivity contribution < 1.29 is 14.3 Å². The summed E-state index contributed by atoms with van der Waals surface area (Å²) in [5.74, 6) is 1.34. The van der Waals surface area contributed by atoms with Gasteiger partial charge in [-0.15, -0.1) is 0 Å². The second kappa shape index (κ2) is 7.34. The van der Waals surface area contributed by atoms with Gasteiger partial charge in [0, 0.05) is 0 Å². The number of nitrogens with zero attached hydrogens (tertiary/aromatic N) is 1. The van der Waals surface area contributed by atoms with E-state index >= 15 is 0 Å². The van der Waals surface area contributed by atoms with Gasteiger partial charge in [-0.05, 0) is 17.7 Å². The first-order valence-corrected chi connectivity index (χ1v) is 6.24. The van der Waals surface area contributed by atoms with Gasteiger partial charge in [-0.1, -0.05) is 12.1 Å². The molecule has 1 rings (SSSR count). The summed E-state index contributed by atoms with van der Waals surface area (Å²) in [6.07, 6.45) is -0.425. The van der Waals surface area contributed by atoms with Gasteiger partial charge in [0.05, 0.1) is 18.9 Å². The molecule has 4 nitrogen and oxygen atoms in total. The molecule has 0 spiro atoms. The first kappa shape index (κ1) is 14.1. The molecule has 0 saturated heterocycles. The van der Waals surface area contributed by atoms with Crippen LogP contribution in [0.5, 0.6) is 5.75 Å². The zero-order chi connectivity index (χ0) is 12.7. The highest BCUT2D eigenvalue weighted by Crippen LogP contribution is 2.12. The third-order valence-corrected chi connectivity index (χ3v) is 2.80. The molecule has 0 bridgehead atoms. The molecule has 0 aliphatic heterocycles. The topological polar surface area (TPSA) is 38.8 Å². The lowest BCUT2D eigenvalue weighted by atomic mass is 10.2. The van der Waals surface area contributed by atoms with Gasteiger partial charge in [0.1, 0.15) is 12.4 Å². The van der Waals surface area contributed by atoms with Gasteiger partial charge in [-0.3, -0.25) is 4.90 Å². The fourth-order valence-electron chi connectivity index (χ4n) is 1.12. The zero-order valence-corrected chi connectivity index (χ0v) is 11.3. The molecular formula is C11H15NO3S2. The highest BCUT2D eigenvalue weighted by atomic mass is 32.1. The summed E-state index contributed by atoms with van der Waals surface area (Å²) >= 11 is 8.00. The molecule has 1 aromatic carbocycles. The summed E-state index contributed by atoms with van der Waals surface area (Å²) in [5, 5.41) is 0. The number of rotatable bonds is 5. The molecule has 1 aromatic rings. The van der Waals surface area contributed by atoms with E-state index in [1.165, 1.54) is 4.90 Å². The Labute approximate surface area is 112 Å². The number of carbonyl (C=O) groups excluding carboxylic acids is 1. The van der Waals surface area contributed by atoms with Gasteiger partial charge in [0.25, 0.3) is 0 Å². The second-order valence-corrected chi connectivity index (χ2v) is 3.79. The predicted molar refractivity (Wildman–Crippen MR) is 72.7 cm³/mol. The molecule has 17 heavy (non-hydrogen) atoms. The van der Waals surface area contributed by atoms with Crippen LogP contribution >= 0.6 is 25.3 Å². The van der Waals surface area contributed by atoms with Crippen molar-refractivity contribution in [1.29, 1.82) is 0 Å². The van der Waals surface area contributed by atoms with Gasteiger partial charge in [0.15, 0.2) is 0 Å². The van der Waals surface area contributed by atoms with Crippen molar-refractivity contribution in [2.75, 3.05) is 18.9 Å². The molecular weight excluding hydrogens is 258 g/mol. The Morgan fingerprint density at radius 2 is 1.82 bits per heavy atom. The van der Waals surface area contributed by atoms with Crippen LogP contribution in [0.4, 0.5) is 4.79 Å². The van der Waals surface area contributed by atoms with Crippen LogP contribution in [0.25, 0.3) is 0 Å². The number of amides is 1. The van der Waals surface area contributed by atoms with E-state index in [1.807, 2.05) is 24.3 Å². The minimum Gasteiger partial charge on any atom is -0.497 e. The summed E-state index contributed by atoms with van der Waals surface area (Å²) in [7, 11) is 1.60. The van der Waals surface area contributed by atoms with Gasteiger partial charge in [0.2, 0.25) is 0 Å². The largest absolute Gasteiger partial charge is 0.497 e. The van der Waals surface area contributed by atoms with Crippen molar-refractivity contribution >= 4 is 31.4 Å². The van der Waals surface area contributed by atoms with E-state index in [0.29, 0.717) is 0 Å². The van der Waals surface area contributed by atoms with Crippen molar-refractivity contribution in [2.24, 2.45) is 0 Å². The van der Waals surface area contributed by atoms with Gasteiger partial charge < -0.3 is 9.47 Å². The molecule has 6 heteroatoms. The first-order chi connectivity index (χ1) is 8.21. The first-order valence-electron chi connectivity index (χ1n) is 4.97. The standard InChI is InChI=1S/C11H15NO3S2/c1-14-10-4-2-9(3-5-10)6-15-11(13)12(7-16)8-17/h2-5,16-17H,6-8H2,1H3. The lowest BCUT2D eigenvalue weighted by Gasteiger charge is -2.17. The monoisotopic (exact) mass is 273 g/mol. The molecule has 0 N–H and O–H groups in total. The van der Waals surface area contributed by atoms with Gasteiger partial charge in [-0.2, -0.15) is 25.3 Å². The maximum absolute atomic E-state index is 11.5. The highest BCUT2D eigenvalue weighted by Gasteiger charge is 2.11. The Morgan fingerprint density at radius 3 is 2.29 bits per heavy atom. The van der Waals surface area contributed by atoms with Crippen LogP contribution in [0, 0.1) is 0 Å². The van der Waals surface area contributed by atoms with Crippen LogP contribution < -0.4 is 4.74 Å². The maximum Gasteiger partial charge on any atom is 0.411 e. The number of hydrogen-bond acceptors (Lipinski definition) is 5. The maximum atomic E-state index is 11.5. The van der Waals surface area contributed by atoms with Crippen molar-refractivity contribution in [3.8, 4) is 5.75 Å². The Balaban J connectivity index is 2.46. The van der Waals surface area contributed by atoms with Crippen molar-refractivity contribution in [3.05, 3.63) is 29.8 Å². The van der Waals surface area contributed by atoms with Crippen molar-refractivity contribution in [3.63, 3.8) is 0 Å². The normalized spacial score (nSPS) is 9.82. The minimum atomic E-state index is -0.425. The van der Waals surface area contributed by atoms with E-state index < -0.39 is 6.09 Å². The summed E-state index contributed by atoms with van der Waals surface area (Å²) in [5.41, 5.74) is 0.900. The molecule has 0 heterocycles. The zero-order valence-electron chi connectivity index (χ0n) is 9.50. The van der Waals surface area contributed by atoms with Crippen LogP contribution in [0.3, 0.4) is 0 Å². The number of methoxy groups -OCH3 is 1. The van der Waals surface area contributed by atoms with Crippen LogP contribution in [0.1, 0.15) is 5.56 Å². The van der Waals surface area contributed by atoms with Crippen LogP contribution in [-0.2, 0) is 11.3 Å². The summed E-state index contributed by atoms with van der Waals surface area (Å²) in [6.45, 7) is 0.223. The average molecular weight is 273 g/mol. The number of ether oxygens (including phenoxy) is 2. The highest BCUT2D eigenvalue weighted by molar-refractivity contribution is 7.81. The van der Waals surface area contributed by atoms with Crippen LogP contribution in [0.2, 0.25) is 0 Å². The summed E-state index contributed by atoms with van der Waals surface area (Å²) in [4.78, 5) is 12.9. The Morgan fingerprint density at radius 1 is 1.24 bits per heavy atom. The number of benzene rings is 1. The van der Waals surface area contributed by atoms with E-state index in [1.54, 1.807) is 7.11 Å². The smallest absolute Gasteiger partial charge is 0.411 e. The number of carbonyl (C=O) groups is 1. The van der Waals surface area contributed by atoms with Crippen LogP contribution in [-0.4, -0.2) is 29.9 Å². The molecule has 1 amide bonds. The second-order valence-electron chi connectivity index (χ2n) is 3.23. The molecule has 0 unspecified atom stereocenters. The van der Waals surface area contributed by atoms with Crippen molar-refractivity contribution in [1.82, 2.24) is 4.90 Å². The fraction of sp³-hybridized carbons (Fsp3) is 0.364. The Bertz CT molecular complexity index is 352. The van der Waals surface area contributed by atoms with E-state index in [4.69, 9.17) is 9.47 Å². The lowest BCUT2D eigenvalue weighted by Crippen LogP contribution is -2.29. The van der Waals surface area contributed by atoms with Crippen LogP contribution in [0.15, 0.2) is 24.3 Å². The van der Waals surface area contributed by atoms with E-state index in [9.17, 15) is 4.79 Å². The fourth-order valence-corrected chi connectivity index (χ4v) is 1.71. The molecule has 0 aliphatic rings. The number of hydrogen-bond donors (Lipinski definition) is 2. The number of thiol groups is 2. The average Bonchev–Trinajstić information content (AvgIpc) is 2.38. The van der Waals surface area contributed by atoms with E-state index in [2.05, 4.69) is 25.3 Å². The van der Waals surface area contributed by atoms with E-state index in [-0.39, 0.29) is 18.4 Å². The van der Waals surface area contributed by atoms with Gasteiger partial charge in [-0.25, -0.2) is 4.79 Å². The molecule has 0 saturated carbocycles. The van der Waals surface area contributed by atoms with Gasteiger partial charge >= 0.3 is 6.09 Å². The molecule has 94 valence electrons. The Hall–Kier alpha value is -1.01. The molecule has 0 aromatic heterocycles. The molecule has 0 atom stereocenters. The SMILES string of the molecule is COc1ccc(COC(=O)N(CS)CS)cc1. The van der Waals surface area contributed by atoms with E-state index in [0.717, 1.165) is 11.3 Å². The lowest BCUT2D eigenvalue weighted by molar-refractivity contribution is 0.109. The predicted octanol–water partition coefficient (Wildman–Crippen LogP) is 2.41. The minimum absolute atomic E-state index is 0.223.